The molecule has 116 valence electrons. The molecule has 1 aromatic carbocycles. The van der Waals surface area contributed by atoms with Crippen LogP contribution in [-0.2, 0) is 6.61 Å². The molecule has 0 bridgehead atoms. The molecule has 0 unspecified atom stereocenters. The van der Waals surface area contributed by atoms with E-state index in [9.17, 15) is 4.79 Å². The molecule has 22 heavy (non-hydrogen) atoms. The number of carbonyl (C=O) groups excluding carboxylic acids is 1. The van der Waals surface area contributed by atoms with Gasteiger partial charge in [-0.05, 0) is 23.6 Å². The molecule has 3 rings (SSSR count). The van der Waals surface area contributed by atoms with Gasteiger partial charge in [0.1, 0.15) is 6.61 Å². The monoisotopic (exact) mass is 300 g/mol. The van der Waals surface area contributed by atoms with E-state index >= 15 is 0 Å². The van der Waals surface area contributed by atoms with Crippen LogP contribution in [0.3, 0.4) is 0 Å². The van der Waals surface area contributed by atoms with Crippen molar-refractivity contribution in [2.24, 2.45) is 0 Å². The lowest BCUT2D eigenvalue weighted by Gasteiger charge is -2.17. The lowest BCUT2D eigenvalue weighted by molar-refractivity contribution is 0.0719. The van der Waals surface area contributed by atoms with Gasteiger partial charge in [-0.2, -0.15) is 0 Å². The molecule has 0 N–H and O–H groups in total. The van der Waals surface area contributed by atoms with Gasteiger partial charge < -0.3 is 14.2 Å². The molecule has 5 heteroatoms. The van der Waals surface area contributed by atoms with Crippen molar-refractivity contribution < 1.29 is 14.1 Å². The first kappa shape index (κ1) is 14.6. The molecule has 0 saturated carbocycles. The zero-order valence-corrected chi connectivity index (χ0v) is 12.5. The summed E-state index contributed by atoms with van der Waals surface area (Å²) in [6.07, 6.45) is 4.48. The minimum absolute atomic E-state index is 0.0936. The van der Waals surface area contributed by atoms with E-state index in [0.29, 0.717) is 12.5 Å². The molecule has 2 aromatic rings. The average Bonchev–Trinajstić information content (AvgIpc) is 2.87. The fourth-order valence-electron chi connectivity index (χ4n) is 2.59. The van der Waals surface area contributed by atoms with Gasteiger partial charge in [0, 0.05) is 13.1 Å². The van der Waals surface area contributed by atoms with Crippen LogP contribution in [0.15, 0.2) is 40.9 Å². The van der Waals surface area contributed by atoms with Crippen LogP contribution in [0.5, 0.6) is 5.88 Å². The molecule has 0 spiro atoms. The van der Waals surface area contributed by atoms with Crippen LogP contribution in [0.4, 0.5) is 0 Å². The van der Waals surface area contributed by atoms with Crippen LogP contribution in [-0.4, -0.2) is 29.1 Å². The number of likely N-dealkylation sites (tertiary alicyclic amines) is 1. The Bertz CT molecular complexity index is 601. The molecule has 0 radical (unpaired) electrons. The predicted octanol–water partition coefficient (Wildman–Crippen LogP) is 3.27. The highest BCUT2D eigenvalue weighted by molar-refractivity contribution is 5.91. The Labute approximate surface area is 129 Å². The van der Waals surface area contributed by atoms with Crippen LogP contribution in [0, 0.1) is 0 Å². The number of carbonyl (C=O) groups is 1. The number of nitrogens with zero attached hydrogens (tertiary/aromatic N) is 2. The molecular formula is C17H20N2O3. The number of aromatic nitrogens is 1. The van der Waals surface area contributed by atoms with Gasteiger partial charge in [0.05, 0.1) is 6.07 Å². The van der Waals surface area contributed by atoms with Crippen LogP contribution >= 0.6 is 0 Å². The van der Waals surface area contributed by atoms with Gasteiger partial charge in [0.15, 0.2) is 0 Å². The summed E-state index contributed by atoms with van der Waals surface area (Å²) in [5, 5.41) is 3.83. The molecule has 1 saturated heterocycles. The minimum atomic E-state index is -0.0936. The van der Waals surface area contributed by atoms with E-state index in [1.54, 1.807) is 6.07 Å². The summed E-state index contributed by atoms with van der Waals surface area (Å²) in [6.45, 7) is 1.99. The van der Waals surface area contributed by atoms with Crippen LogP contribution in [0.25, 0.3) is 0 Å². The third-order valence-electron chi connectivity index (χ3n) is 3.82. The van der Waals surface area contributed by atoms with Crippen LogP contribution < -0.4 is 4.74 Å². The number of amides is 1. The predicted molar refractivity (Wildman–Crippen MR) is 81.6 cm³/mol. The third-order valence-corrected chi connectivity index (χ3v) is 3.82. The molecule has 5 nitrogen and oxygen atoms in total. The normalized spacial score (nSPS) is 15.4. The lowest BCUT2D eigenvalue weighted by Crippen LogP contribution is -2.31. The van der Waals surface area contributed by atoms with Crippen molar-refractivity contribution in [3.8, 4) is 5.88 Å². The molecule has 1 fully saturated rings. The number of ether oxygens (including phenoxy) is 1. The molecular weight excluding hydrogens is 280 g/mol. The summed E-state index contributed by atoms with van der Waals surface area (Å²) >= 11 is 0. The summed E-state index contributed by atoms with van der Waals surface area (Å²) in [6, 6.07) is 11.4. The average molecular weight is 300 g/mol. The first-order chi connectivity index (χ1) is 10.8. The highest BCUT2D eigenvalue weighted by atomic mass is 16.5. The second-order valence-corrected chi connectivity index (χ2v) is 5.51. The summed E-state index contributed by atoms with van der Waals surface area (Å²) in [7, 11) is 0. The summed E-state index contributed by atoms with van der Waals surface area (Å²) < 4.78 is 10.7. The van der Waals surface area contributed by atoms with Crippen molar-refractivity contribution in [1.29, 1.82) is 0 Å². The van der Waals surface area contributed by atoms with Crippen LogP contribution in [0.2, 0.25) is 0 Å². The Morgan fingerprint density at radius 1 is 1.14 bits per heavy atom. The summed E-state index contributed by atoms with van der Waals surface area (Å²) in [5.74, 6) is 0.510. The van der Waals surface area contributed by atoms with Crippen molar-refractivity contribution in [3.05, 3.63) is 47.7 Å². The number of hydrogen-bond acceptors (Lipinski definition) is 4. The molecule has 0 aliphatic carbocycles. The maximum absolute atomic E-state index is 12.4. The van der Waals surface area contributed by atoms with Crippen molar-refractivity contribution in [2.45, 2.75) is 32.3 Å². The summed E-state index contributed by atoms with van der Waals surface area (Å²) in [4.78, 5) is 14.2. The van der Waals surface area contributed by atoms with Gasteiger partial charge in [-0.25, -0.2) is 0 Å². The van der Waals surface area contributed by atoms with Crippen molar-refractivity contribution in [2.75, 3.05) is 13.1 Å². The highest BCUT2D eigenvalue weighted by Crippen LogP contribution is 2.17. The van der Waals surface area contributed by atoms with Gasteiger partial charge in [0.2, 0.25) is 5.76 Å². The molecule has 1 aromatic heterocycles. The van der Waals surface area contributed by atoms with Gasteiger partial charge >= 0.3 is 0 Å². The lowest BCUT2D eigenvalue weighted by atomic mass is 10.2. The highest BCUT2D eigenvalue weighted by Gasteiger charge is 2.21. The molecule has 2 heterocycles. The zero-order chi connectivity index (χ0) is 15.2. The van der Waals surface area contributed by atoms with Gasteiger partial charge in [-0.3, -0.25) is 4.79 Å². The second kappa shape index (κ2) is 7.11. The van der Waals surface area contributed by atoms with E-state index in [1.807, 2.05) is 35.2 Å². The smallest absolute Gasteiger partial charge is 0.292 e. The Morgan fingerprint density at radius 2 is 1.86 bits per heavy atom. The summed E-state index contributed by atoms with van der Waals surface area (Å²) in [5.41, 5.74) is 1.05. The Balaban J connectivity index is 1.59. The zero-order valence-electron chi connectivity index (χ0n) is 12.5. The van der Waals surface area contributed by atoms with E-state index in [4.69, 9.17) is 9.26 Å². The van der Waals surface area contributed by atoms with Gasteiger partial charge in [0.25, 0.3) is 11.8 Å². The first-order valence-corrected chi connectivity index (χ1v) is 7.75. The van der Waals surface area contributed by atoms with Gasteiger partial charge in [-0.15, -0.1) is 0 Å². The van der Waals surface area contributed by atoms with E-state index in [1.165, 1.54) is 12.8 Å². The maximum atomic E-state index is 12.4. The molecule has 1 aliphatic heterocycles. The SMILES string of the molecule is O=C(c1cc(OCc2ccccc2)no1)N1CCCCCC1. The standard InChI is InChI=1S/C17H20N2O3/c20-17(19-10-6-1-2-7-11-19)15-12-16(18-22-15)21-13-14-8-4-3-5-9-14/h3-5,8-9,12H,1-2,6-7,10-11,13H2. The topological polar surface area (TPSA) is 55.6 Å². The van der Waals surface area contributed by atoms with Crippen molar-refractivity contribution in [3.63, 3.8) is 0 Å². The fourth-order valence-corrected chi connectivity index (χ4v) is 2.59. The quantitative estimate of drug-likeness (QED) is 0.869. The third kappa shape index (κ3) is 3.67. The largest absolute Gasteiger partial charge is 0.471 e. The van der Waals surface area contributed by atoms with E-state index in [0.717, 1.165) is 31.5 Å². The maximum Gasteiger partial charge on any atom is 0.292 e. The van der Waals surface area contributed by atoms with E-state index in [-0.39, 0.29) is 11.7 Å². The van der Waals surface area contributed by atoms with E-state index in [2.05, 4.69) is 5.16 Å². The number of benzene rings is 1. The number of rotatable bonds is 4. The molecule has 0 atom stereocenters. The molecule has 1 amide bonds. The fraction of sp³-hybridized carbons (Fsp3) is 0.412. The van der Waals surface area contributed by atoms with E-state index < -0.39 is 0 Å². The van der Waals surface area contributed by atoms with Crippen molar-refractivity contribution in [1.82, 2.24) is 10.1 Å². The Morgan fingerprint density at radius 3 is 2.59 bits per heavy atom. The number of hydrogen-bond donors (Lipinski definition) is 0. The Hall–Kier alpha value is -2.30. The Kier molecular flexibility index (Phi) is 4.73. The molecule has 1 aliphatic rings. The second-order valence-electron chi connectivity index (χ2n) is 5.51. The van der Waals surface area contributed by atoms with Crippen LogP contribution in [0.1, 0.15) is 41.8 Å². The van der Waals surface area contributed by atoms with Gasteiger partial charge in [-0.1, -0.05) is 43.2 Å². The minimum Gasteiger partial charge on any atom is -0.471 e. The first-order valence-electron chi connectivity index (χ1n) is 7.75. The van der Waals surface area contributed by atoms with Crippen molar-refractivity contribution >= 4 is 5.91 Å².